The first kappa shape index (κ1) is 27.8. The van der Waals surface area contributed by atoms with Gasteiger partial charge in [0.1, 0.15) is 24.0 Å². The minimum atomic E-state index is 0.246. The summed E-state index contributed by atoms with van der Waals surface area (Å²) in [5.41, 5.74) is 6.81. The first-order valence-corrected chi connectivity index (χ1v) is 13.7. The van der Waals surface area contributed by atoms with Crippen molar-refractivity contribution in [2.45, 2.75) is 27.4 Å². The molecule has 0 aliphatic rings. The van der Waals surface area contributed by atoms with Gasteiger partial charge in [0.2, 0.25) is 5.88 Å². The first-order valence-electron chi connectivity index (χ1n) is 13.3. The van der Waals surface area contributed by atoms with Gasteiger partial charge >= 0.3 is 0 Å². The fraction of sp³-hybridized carbons (Fsp3) is 0.143. The standard InChI is InChI=1S/C35H29ClN2O3/c1-4-39-32-19-25(13-18-31(32)40-22-28-7-5-6-8-30(28)36)21-38-35-29(20-37)33(26-14-9-23(2)10-15-26)34(41-35)27-16-11-24(3)12-17-27/h5-19,21H,4,22H2,1-3H3. The van der Waals surface area contributed by atoms with Gasteiger partial charge in [-0.25, -0.2) is 4.99 Å². The summed E-state index contributed by atoms with van der Waals surface area (Å²) in [6.45, 7) is 6.77. The van der Waals surface area contributed by atoms with E-state index in [9.17, 15) is 5.26 Å². The third-order valence-corrected chi connectivity index (χ3v) is 6.96. The molecule has 0 saturated carbocycles. The minimum Gasteiger partial charge on any atom is -0.490 e. The largest absolute Gasteiger partial charge is 0.490 e. The zero-order valence-electron chi connectivity index (χ0n) is 23.1. The highest BCUT2D eigenvalue weighted by molar-refractivity contribution is 6.31. The van der Waals surface area contributed by atoms with Crippen LogP contribution in [0.1, 0.15) is 34.7 Å². The quantitative estimate of drug-likeness (QED) is 0.168. The number of nitriles is 1. The monoisotopic (exact) mass is 560 g/mol. The van der Waals surface area contributed by atoms with E-state index in [1.807, 2.05) is 112 Å². The highest BCUT2D eigenvalue weighted by atomic mass is 35.5. The molecule has 0 unspecified atom stereocenters. The number of nitrogens with zero attached hydrogens (tertiary/aromatic N) is 2. The maximum absolute atomic E-state index is 10.2. The van der Waals surface area contributed by atoms with Gasteiger partial charge in [-0.2, -0.15) is 5.26 Å². The number of halogens is 1. The fourth-order valence-corrected chi connectivity index (χ4v) is 4.60. The molecule has 204 valence electrons. The zero-order chi connectivity index (χ0) is 28.8. The molecular weight excluding hydrogens is 532 g/mol. The van der Waals surface area contributed by atoms with E-state index in [4.69, 9.17) is 25.5 Å². The summed E-state index contributed by atoms with van der Waals surface area (Å²) in [6, 6.07) is 31.6. The summed E-state index contributed by atoms with van der Waals surface area (Å²) in [7, 11) is 0. The molecule has 1 heterocycles. The fourth-order valence-electron chi connectivity index (χ4n) is 4.41. The molecule has 6 heteroatoms. The molecule has 4 aromatic carbocycles. The Labute approximate surface area is 245 Å². The Morgan fingerprint density at radius 2 is 1.54 bits per heavy atom. The molecule has 0 radical (unpaired) electrons. The van der Waals surface area contributed by atoms with Gasteiger partial charge in [0.05, 0.1) is 6.61 Å². The molecule has 5 aromatic rings. The van der Waals surface area contributed by atoms with E-state index in [2.05, 4.69) is 11.1 Å². The SMILES string of the molecule is CCOc1cc(C=Nc2oc(-c3ccc(C)cc3)c(-c3ccc(C)cc3)c2C#N)ccc1OCc1ccccc1Cl. The van der Waals surface area contributed by atoms with Crippen LogP contribution in [0.25, 0.3) is 22.5 Å². The Kier molecular flexibility index (Phi) is 8.53. The van der Waals surface area contributed by atoms with Crippen LogP contribution in [0.2, 0.25) is 5.02 Å². The summed E-state index contributed by atoms with van der Waals surface area (Å²) in [4.78, 5) is 4.62. The summed E-state index contributed by atoms with van der Waals surface area (Å²) in [6.07, 6.45) is 1.66. The van der Waals surface area contributed by atoms with Crippen LogP contribution >= 0.6 is 11.6 Å². The molecule has 1 aromatic heterocycles. The third-order valence-electron chi connectivity index (χ3n) is 6.59. The molecule has 0 saturated heterocycles. The number of aryl methyl sites for hydroxylation is 2. The highest BCUT2D eigenvalue weighted by Crippen LogP contribution is 2.42. The second kappa shape index (κ2) is 12.6. The lowest BCUT2D eigenvalue weighted by Gasteiger charge is -2.13. The van der Waals surface area contributed by atoms with Gasteiger partial charge in [0.25, 0.3) is 0 Å². The normalized spacial score (nSPS) is 11.0. The Bertz CT molecular complexity index is 1730. The van der Waals surface area contributed by atoms with Crippen molar-refractivity contribution >= 4 is 23.7 Å². The smallest absolute Gasteiger partial charge is 0.238 e. The lowest BCUT2D eigenvalue weighted by Crippen LogP contribution is -2.01. The summed E-state index contributed by atoms with van der Waals surface area (Å²) < 4.78 is 18.2. The lowest BCUT2D eigenvalue weighted by molar-refractivity contribution is 0.269. The van der Waals surface area contributed by atoms with E-state index in [-0.39, 0.29) is 5.88 Å². The van der Waals surface area contributed by atoms with E-state index in [0.29, 0.717) is 41.1 Å². The van der Waals surface area contributed by atoms with Gasteiger partial charge in [-0.15, -0.1) is 0 Å². The Morgan fingerprint density at radius 3 is 2.20 bits per heavy atom. The number of benzene rings is 4. The zero-order valence-corrected chi connectivity index (χ0v) is 23.9. The predicted octanol–water partition coefficient (Wildman–Crippen LogP) is 9.48. The van der Waals surface area contributed by atoms with Gasteiger partial charge in [0.15, 0.2) is 11.5 Å². The predicted molar refractivity (Wildman–Crippen MR) is 164 cm³/mol. The minimum absolute atomic E-state index is 0.246. The van der Waals surface area contributed by atoms with Crippen molar-refractivity contribution in [3.8, 4) is 40.0 Å². The van der Waals surface area contributed by atoms with Crippen molar-refractivity contribution in [2.75, 3.05) is 6.61 Å². The van der Waals surface area contributed by atoms with Crippen molar-refractivity contribution in [3.05, 3.63) is 124 Å². The number of furan rings is 1. The van der Waals surface area contributed by atoms with Gasteiger partial charge in [-0.1, -0.05) is 89.5 Å². The molecule has 0 fully saturated rings. The number of hydrogen-bond donors (Lipinski definition) is 0. The van der Waals surface area contributed by atoms with Crippen molar-refractivity contribution in [2.24, 2.45) is 4.99 Å². The van der Waals surface area contributed by atoms with Crippen LogP contribution in [0.3, 0.4) is 0 Å². The Hall–Kier alpha value is -4.79. The van der Waals surface area contributed by atoms with E-state index in [1.54, 1.807) is 6.21 Å². The van der Waals surface area contributed by atoms with E-state index >= 15 is 0 Å². The van der Waals surface area contributed by atoms with Crippen LogP contribution in [0, 0.1) is 25.2 Å². The molecular formula is C35H29ClN2O3. The van der Waals surface area contributed by atoms with Crippen LogP contribution in [-0.2, 0) is 6.61 Å². The van der Waals surface area contributed by atoms with Crippen LogP contribution in [0.4, 0.5) is 5.88 Å². The third kappa shape index (κ3) is 6.35. The van der Waals surface area contributed by atoms with Gasteiger partial charge in [-0.05, 0) is 56.2 Å². The van der Waals surface area contributed by atoms with E-state index < -0.39 is 0 Å². The van der Waals surface area contributed by atoms with E-state index in [0.717, 1.165) is 38.9 Å². The molecule has 0 atom stereocenters. The van der Waals surface area contributed by atoms with Crippen molar-refractivity contribution in [1.82, 2.24) is 0 Å². The maximum Gasteiger partial charge on any atom is 0.238 e. The first-order chi connectivity index (χ1) is 20.0. The molecule has 0 amide bonds. The van der Waals surface area contributed by atoms with Gasteiger partial charge in [0, 0.05) is 27.9 Å². The van der Waals surface area contributed by atoms with Crippen LogP contribution in [-0.4, -0.2) is 12.8 Å². The summed E-state index contributed by atoms with van der Waals surface area (Å²) in [5, 5.41) is 10.9. The average Bonchev–Trinajstić information content (AvgIpc) is 3.35. The topological polar surface area (TPSA) is 67.8 Å². The number of rotatable bonds is 9. The Balaban J connectivity index is 1.49. The molecule has 41 heavy (non-hydrogen) atoms. The number of hydrogen-bond acceptors (Lipinski definition) is 5. The van der Waals surface area contributed by atoms with Crippen molar-refractivity contribution < 1.29 is 13.9 Å². The Morgan fingerprint density at radius 1 is 0.854 bits per heavy atom. The van der Waals surface area contributed by atoms with Crippen LogP contribution in [0.15, 0.2) is 100 Å². The number of ether oxygens (including phenoxy) is 2. The molecule has 0 spiro atoms. The van der Waals surface area contributed by atoms with Crippen LogP contribution < -0.4 is 9.47 Å². The molecule has 5 nitrogen and oxygen atoms in total. The molecule has 5 rings (SSSR count). The average molecular weight is 561 g/mol. The van der Waals surface area contributed by atoms with E-state index in [1.165, 1.54) is 0 Å². The van der Waals surface area contributed by atoms with Gasteiger partial charge < -0.3 is 13.9 Å². The molecule has 0 bridgehead atoms. The second-order valence-corrected chi connectivity index (χ2v) is 10.0. The van der Waals surface area contributed by atoms with Crippen molar-refractivity contribution in [1.29, 1.82) is 5.26 Å². The molecule has 0 aliphatic heterocycles. The van der Waals surface area contributed by atoms with Crippen molar-refractivity contribution in [3.63, 3.8) is 0 Å². The summed E-state index contributed by atoms with van der Waals surface area (Å²) >= 11 is 6.29. The molecule has 0 aliphatic carbocycles. The lowest BCUT2D eigenvalue weighted by atomic mass is 9.97. The maximum atomic E-state index is 10.2. The summed E-state index contributed by atoms with van der Waals surface area (Å²) in [5.74, 6) is 2.04. The number of aliphatic imine (C=N–C) groups is 1. The van der Waals surface area contributed by atoms with Crippen LogP contribution in [0.5, 0.6) is 11.5 Å². The highest BCUT2D eigenvalue weighted by Gasteiger charge is 2.23. The molecule has 0 N–H and O–H groups in total. The van der Waals surface area contributed by atoms with Gasteiger partial charge in [-0.3, -0.25) is 0 Å². The second-order valence-electron chi connectivity index (χ2n) is 9.61.